The predicted octanol–water partition coefficient (Wildman–Crippen LogP) is 3.75. The van der Waals surface area contributed by atoms with Crippen LogP contribution in [0.3, 0.4) is 0 Å². The van der Waals surface area contributed by atoms with Crippen molar-refractivity contribution >= 4 is 35.0 Å². The van der Waals surface area contributed by atoms with Gasteiger partial charge in [-0.25, -0.2) is 4.79 Å². The molecule has 9 heteroatoms. The normalized spacial score (nSPS) is 13.5. The summed E-state index contributed by atoms with van der Waals surface area (Å²) in [6.45, 7) is 7.50. The number of nitrogens with one attached hydrogen (secondary N) is 1. The van der Waals surface area contributed by atoms with Crippen LogP contribution in [-0.2, 0) is 9.53 Å². The van der Waals surface area contributed by atoms with Crippen molar-refractivity contribution in [1.29, 1.82) is 0 Å². The standard InChI is InChI=1S/C23H28N2O6S/c1-3-30-19-14-18(25-9-11-29-12-10-25)20(31-4-2)13-17(19)24-22(26)15-32-21-8-6-5-7-16(21)23(27)28/h5-8,13-14H,3-4,9-12,15H2,1-2H3,(H,24,26)(H,27,28). The summed E-state index contributed by atoms with van der Waals surface area (Å²) in [5.41, 5.74) is 1.60. The molecule has 172 valence electrons. The second kappa shape index (κ2) is 11.6. The minimum Gasteiger partial charge on any atom is -0.492 e. The molecule has 1 amide bonds. The molecule has 1 heterocycles. The van der Waals surface area contributed by atoms with Crippen molar-refractivity contribution in [2.75, 3.05) is 55.5 Å². The summed E-state index contributed by atoms with van der Waals surface area (Å²) >= 11 is 1.18. The third kappa shape index (κ3) is 6.08. The van der Waals surface area contributed by atoms with Crippen molar-refractivity contribution < 1.29 is 28.9 Å². The predicted molar refractivity (Wildman–Crippen MR) is 125 cm³/mol. The molecule has 0 atom stereocenters. The van der Waals surface area contributed by atoms with Gasteiger partial charge in [0, 0.05) is 30.1 Å². The van der Waals surface area contributed by atoms with Crippen molar-refractivity contribution in [3.63, 3.8) is 0 Å². The number of thioether (sulfide) groups is 1. The van der Waals surface area contributed by atoms with Gasteiger partial charge in [0.15, 0.2) is 0 Å². The van der Waals surface area contributed by atoms with Crippen LogP contribution < -0.4 is 19.7 Å². The van der Waals surface area contributed by atoms with E-state index < -0.39 is 5.97 Å². The van der Waals surface area contributed by atoms with E-state index >= 15 is 0 Å². The topological polar surface area (TPSA) is 97.3 Å². The molecule has 0 radical (unpaired) electrons. The highest BCUT2D eigenvalue weighted by molar-refractivity contribution is 8.00. The highest BCUT2D eigenvalue weighted by atomic mass is 32.2. The Hall–Kier alpha value is -2.91. The van der Waals surface area contributed by atoms with Gasteiger partial charge in [-0.1, -0.05) is 12.1 Å². The van der Waals surface area contributed by atoms with Crippen molar-refractivity contribution in [1.82, 2.24) is 0 Å². The fraction of sp³-hybridized carbons (Fsp3) is 0.391. The van der Waals surface area contributed by atoms with Crippen LogP contribution in [0.15, 0.2) is 41.3 Å². The van der Waals surface area contributed by atoms with E-state index in [1.54, 1.807) is 24.3 Å². The first-order valence-corrected chi connectivity index (χ1v) is 11.5. The minimum atomic E-state index is -1.02. The van der Waals surface area contributed by atoms with Crippen LogP contribution in [0.25, 0.3) is 0 Å². The van der Waals surface area contributed by atoms with Gasteiger partial charge in [-0.05, 0) is 26.0 Å². The van der Waals surface area contributed by atoms with Gasteiger partial charge >= 0.3 is 5.97 Å². The number of carboxylic acids is 1. The summed E-state index contributed by atoms with van der Waals surface area (Å²) in [4.78, 5) is 26.8. The summed E-state index contributed by atoms with van der Waals surface area (Å²) in [6, 6.07) is 10.3. The molecule has 2 aromatic rings. The Kier molecular flexibility index (Phi) is 8.64. The zero-order valence-electron chi connectivity index (χ0n) is 18.3. The van der Waals surface area contributed by atoms with Gasteiger partial charge in [-0.15, -0.1) is 11.8 Å². The van der Waals surface area contributed by atoms with Crippen LogP contribution in [0, 0.1) is 0 Å². The molecule has 8 nitrogen and oxygen atoms in total. The number of carbonyl (C=O) groups excluding carboxylic acids is 1. The minimum absolute atomic E-state index is 0.0606. The number of morpholine rings is 1. The molecule has 1 fully saturated rings. The second-order valence-corrected chi connectivity index (χ2v) is 7.94. The molecule has 1 aliphatic heterocycles. The number of carbonyl (C=O) groups is 2. The monoisotopic (exact) mass is 460 g/mol. The molecule has 1 saturated heterocycles. The molecule has 2 N–H and O–H groups in total. The molecule has 32 heavy (non-hydrogen) atoms. The molecule has 0 aliphatic carbocycles. The van der Waals surface area contributed by atoms with Crippen molar-refractivity contribution in [3.05, 3.63) is 42.0 Å². The fourth-order valence-electron chi connectivity index (χ4n) is 3.34. The summed E-state index contributed by atoms with van der Waals surface area (Å²) in [5, 5.41) is 12.2. The second-order valence-electron chi connectivity index (χ2n) is 6.92. The van der Waals surface area contributed by atoms with Crippen LogP contribution in [0.2, 0.25) is 0 Å². The Morgan fingerprint density at radius 3 is 2.47 bits per heavy atom. The molecule has 1 aliphatic rings. The fourth-order valence-corrected chi connectivity index (χ4v) is 4.19. The Balaban J connectivity index is 1.79. The van der Waals surface area contributed by atoms with Crippen molar-refractivity contribution in [3.8, 4) is 11.5 Å². The molecular weight excluding hydrogens is 432 g/mol. The number of amides is 1. The van der Waals surface area contributed by atoms with Gasteiger partial charge in [0.2, 0.25) is 5.91 Å². The molecule has 0 unspecified atom stereocenters. The number of carboxylic acid groups (broad SMARTS) is 1. The van der Waals surface area contributed by atoms with Gasteiger partial charge in [0.05, 0.1) is 49.1 Å². The highest BCUT2D eigenvalue weighted by Gasteiger charge is 2.21. The number of aromatic carboxylic acids is 1. The lowest BCUT2D eigenvalue weighted by molar-refractivity contribution is -0.113. The summed E-state index contributed by atoms with van der Waals surface area (Å²) < 4.78 is 17.1. The Morgan fingerprint density at radius 2 is 1.78 bits per heavy atom. The Morgan fingerprint density at radius 1 is 1.09 bits per heavy atom. The van der Waals surface area contributed by atoms with Gasteiger partial charge in [0.25, 0.3) is 0 Å². The van der Waals surface area contributed by atoms with E-state index in [0.717, 1.165) is 18.8 Å². The molecule has 0 saturated carbocycles. The lowest BCUT2D eigenvalue weighted by Crippen LogP contribution is -2.36. The molecule has 0 spiro atoms. The SMILES string of the molecule is CCOc1cc(N2CCOCC2)c(OCC)cc1NC(=O)CSc1ccccc1C(=O)O. The van der Waals surface area contributed by atoms with Gasteiger partial charge in [-0.3, -0.25) is 4.79 Å². The van der Waals surface area contributed by atoms with E-state index in [-0.39, 0.29) is 17.2 Å². The van der Waals surface area contributed by atoms with Gasteiger partial charge in [0.1, 0.15) is 11.5 Å². The maximum atomic E-state index is 12.7. The molecular formula is C23H28N2O6S. The Bertz CT molecular complexity index is 946. The first-order chi connectivity index (χ1) is 15.5. The number of rotatable bonds is 10. The summed E-state index contributed by atoms with van der Waals surface area (Å²) in [7, 11) is 0. The van der Waals surface area contributed by atoms with Crippen LogP contribution in [0.4, 0.5) is 11.4 Å². The maximum Gasteiger partial charge on any atom is 0.336 e. The van der Waals surface area contributed by atoms with E-state index in [1.165, 1.54) is 17.8 Å². The summed E-state index contributed by atoms with van der Waals surface area (Å²) in [6.07, 6.45) is 0. The Labute approximate surface area is 191 Å². The number of hydrogen-bond donors (Lipinski definition) is 2. The third-order valence-corrected chi connectivity index (χ3v) is 5.84. The van der Waals surface area contributed by atoms with Crippen molar-refractivity contribution in [2.24, 2.45) is 0 Å². The average molecular weight is 461 g/mol. The molecule has 2 aromatic carbocycles. The first kappa shape index (κ1) is 23.7. The zero-order chi connectivity index (χ0) is 22.9. The van der Waals surface area contributed by atoms with Crippen LogP contribution in [0.1, 0.15) is 24.2 Å². The smallest absolute Gasteiger partial charge is 0.336 e. The third-order valence-electron chi connectivity index (χ3n) is 4.76. The highest BCUT2D eigenvalue weighted by Crippen LogP contribution is 2.39. The number of nitrogens with zero attached hydrogens (tertiary/aromatic N) is 1. The number of ether oxygens (including phenoxy) is 3. The largest absolute Gasteiger partial charge is 0.492 e. The van der Waals surface area contributed by atoms with E-state index in [0.29, 0.717) is 48.5 Å². The van der Waals surface area contributed by atoms with E-state index in [9.17, 15) is 14.7 Å². The first-order valence-electron chi connectivity index (χ1n) is 10.5. The quantitative estimate of drug-likeness (QED) is 0.518. The van der Waals surface area contributed by atoms with E-state index in [2.05, 4.69) is 10.2 Å². The number of benzene rings is 2. The van der Waals surface area contributed by atoms with E-state index in [4.69, 9.17) is 14.2 Å². The van der Waals surface area contributed by atoms with Crippen LogP contribution in [0.5, 0.6) is 11.5 Å². The number of anilines is 2. The van der Waals surface area contributed by atoms with Gasteiger partial charge in [-0.2, -0.15) is 0 Å². The zero-order valence-corrected chi connectivity index (χ0v) is 19.1. The number of hydrogen-bond acceptors (Lipinski definition) is 7. The molecule has 3 rings (SSSR count). The average Bonchev–Trinajstić information content (AvgIpc) is 2.80. The maximum absolute atomic E-state index is 12.7. The van der Waals surface area contributed by atoms with Crippen LogP contribution in [-0.4, -0.2) is 62.3 Å². The van der Waals surface area contributed by atoms with Crippen LogP contribution >= 0.6 is 11.8 Å². The lowest BCUT2D eigenvalue weighted by Gasteiger charge is -2.31. The lowest BCUT2D eigenvalue weighted by atomic mass is 10.2. The molecule has 0 aromatic heterocycles. The molecule has 0 bridgehead atoms. The van der Waals surface area contributed by atoms with Crippen molar-refractivity contribution in [2.45, 2.75) is 18.7 Å². The van der Waals surface area contributed by atoms with Gasteiger partial charge < -0.3 is 29.5 Å². The van der Waals surface area contributed by atoms with E-state index in [1.807, 2.05) is 19.9 Å². The summed E-state index contributed by atoms with van der Waals surface area (Å²) in [5.74, 6) is -0.00549.